The summed E-state index contributed by atoms with van der Waals surface area (Å²) >= 11 is 4.96. The minimum Gasteiger partial charge on any atom is -0.388 e. The molecule has 4 nitrogen and oxygen atoms in total. The number of unbranched alkanes of at least 4 members (excludes halogenated alkanes) is 3. The van der Waals surface area contributed by atoms with Crippen LogP contribution in [0.4, 0.5) is 5.82 Å². The molecule has 1 unspecified atom stereocenters. The van der Waals surface area contributed by atoms with Crippen molar-refractivity contribution in [2.75, 3.05) is 5.32 Å². The van der Waals surface area contributed by atoms with Gasteiger partial charge in [-0.2, -0.15) is 0 Å². The third-order valence-electron chi connectivity index (χ3n) is 2.81. The SMILES string of the molecule is CCCCCCC(C)Nc1nccnc1C(N)=S. The molecule has 5 heteroatoms. The molecule has 0 fully saturated rings. The Kier molecular flexibility index (Phi) is 6.57. The van der Waals surface area contributed by atoms with Gasteiger partial charge in [0.15, 0.2) is 5.82 Å². The number of hydrogen-bond donors (Lipinski definition) is 2. The molecule has 0 bridgehead atoms. The van der Waals surface area contributed by atoms with E-state index in [-0.39, 0.29) is 4.99 Å². The summed E-state index contributed by atoms with van der Waals surface area (Å²) in [7, 11) is 0. The normalized spacial score (nSPS) is 12.1. The highest BCUT2D eigenvalue weighted by Gasteiger charge is 2.10. The van der Waals surface area contributed by atoms with Gasteiger partial charge in [-0.3, -0.25) is 0 Å². The summed E-state index contributed by atoms with van der Waals surface area (Å²) in [5.41, 5.74) is 6.20. The fraction of sp³-hybridized carbons (Fsp3) is 0.615. The Hall–Kier alpha value is -1.23. The van der Waals surface area contributed by atoms with Crippen molar-refractivity contribution >= 4 is 23.0 Å². The zero-order valence-electron chi connectivity index (χ0n) is 11.1. The van der Waals surface area contributed by atoms with Gasteiger partial charge in [0.2, 0.25) is 0 Å². The summed E-state index contributed by atoms with van der Waals surface area (Å²) in [5, 5.41) is 3.33. The number of anilines is 1. The molecular formula is C13H22N4S. The summed E-state index contributed by atoms with van der Waals surface area (Å²) in [4.78, 5) is 8.67. The highest BCUT2D eigenvalue weighted by Crippen LogP contribution is 2.13. The molecule has 0 saturated heterocycles. The average Bonchev–Trinajstić information content (AvgIpc) is 2.35. The minimum atomic E-state index is 0.281. The Balaban J connectivity index is 2.48. The molecule has 1 aromatic heterocycles. The fourth-order valence-corrected chi connectivity index (χ4v) is 1.96. The Morgan fingerprint density at radius 2 is 2.06 bits per heavy atom. The minimum absolute atomic E-state index is 0.281. The second kappa shape index (κ2) is 7.97. The number of nitrogens with two attached hydrogens (primary N) is 1. The van der Waals surface area contributed by atoms with Crippen LogP contribution in [0.1, 0.15) is 51.6 Å². The molecular weight excluding hydrogens is 244 g/mol. The first-order valence-corrected chi connectivity index (χ1v) is 6.93. The smallest absolute Gasteiger partial charge is 0.155 e. The maximum atomic E-state index is 5.62. The third-order valence-corrected chi connectivity index (χ3v) is 3.00. The predicted octanol–water partition coefficient (Wildman–Crippen LogP) is 2.88. The van der Waals surface area contributed by atoms with Gasteiger partial charge in [0.25, 0.3) is 0 Å². The first-order valence-electron chi connectivity index (χ1n) is 6.52. The van der Waals surface area contributed by atoms with Crippen LogP contribution in [0.5, 0.6) is 0 Å². The van der Waals surface area contributed by atoms with Crippen molar-refractivity contribution in [3.05, 3.63) is 18.1 Å². The molecule has 0 spiro atoms. The zero-order valence-corrected chi connectivity index (χ0v) is 12.0. The van der Waals surface area contributed by atoms with Gasteiger partial charge in [0.1, 0.15) is 10.7 Å². The van der Waals surface area contributed by atoms with Crippen LogP contribution in [0.15, 0.2) is 12.4 Å². The zero-order chi connectivity index (χ0) is 13.4. The van der Waals surface area contributed by atoms with E-state index in [2.05, 4.69) is 29.1 Å². The van der Waals surface area contributed by atoms with Crippen LogP contribution in [0.25, 0.3) is 0 Å². The van der Waals surface area contributed by atoms with Crippen LogP contribution in [0, 0.1) is 0 Å². The second-order valence-electron chi connectivity index (χ2n) is 4.51. The molecule has 1 aromatic rings. The summed E-state index contributed by atoms with van der Waals surface area (Å²) in [6, 6.07) is 0.353. The van der Waals surface area contributed by atoms with Gasteiger partial charge in [0, 0.05) is 18.4 Å². The number of nitrogens with zero attached hydrogens (tertiary/aromatic N) is 2. The summed E-state index contributed by atoms with van der Waals surface area (Å²) in [5.74, 6) is 0.688. The van der Waals surface area contributed by atoms with Crippen LogP contribution < -0.4 is 11.1 Å². The molecule has 0 aromatic carbocycles. The van der Waals surface area contributed by atoms with Gasteiger partial charge in [-0.25, -0.2) is 9.97 Å². The van der Waals surface area contributed by atoms with Gasteiger partial charge in [-0.05, 0) is 13.3 Å². The van der Waals surface area contributed by atoms with E-state index >= 15 is 0 Å². The quantitative estimate of drug-likeness (QED) is 0.559. The van der Waals surface area contributed by atoms with Crippen LogP contribution in [-0.4, -0.2) is 21.0 Å². The van der Waals surface area contributed by atoms with E-state index in [1.165, 1.54) is 25.7 Å². The predicted molar refractivity (Wildman–Crippen MR) is 79.8 cm³/mol. The summed E-state index contributed by atoms with van der Waals surface area (Å²) in [6.07, 6.45) is 9.44. The first-order chi connectivity index (χ1) is 8.65. The van der Waals surface area contributed by atoms with Gasteiger partial charge < -0.3 is 11.1 Å². The molecule has 0 aliphatic heterocycles. The number of thiocarbonyl (C=S) groups is 1. The lowest BCUT2D eigenvalue weighted by atomic mass is 10.1. The Morgan fingerprint density at radius 3 is 2.72 bits per heavy atom. The summed E-state index contributed by atoms with van der Waals surface area (Å²) in [6.45, 7) is 4.36. The highest BCUT2D eigenvalue weighted by atomic mass is 32.1. The summed E-state index contributed by atoms with van der Waals surface area (Å²) < 4.78 is 0. The van der Waals surface area contributed by atoms with Gasteiger partial charge >= 0.3 is 0 Å². The maximum absolute atomic E-state index is 5.62. The fourth-order valence-electron chi connectivity index (χ4n) is 1.81. The molecule has 0 saturated carbocycles. The van der Waals surface area contributed by atoms with Crippen molar-refractivity contribution in [1.29, 1.82) is 0 Å². The van der Waals surface area contributed by atoms with E-state index in [9.17, 15) is 0 Å². The third kappa shape index (κ3) is 4.96. The monoisotopic (exact) mass is 266 g/mol. The molecule has 18 heavy (non-hydrogen) atoms. The van der Waals surface area contributed by atoms with Crippen LogP contribution >= 0.6 is 12.2 Å². The Labute approximate surface area is 114 Å². The Bertz CT molecular complexity index is 381. The molecule has 100 valence electrons. The molecule has 3 N–H and O–H groups in total. The molecule has 0 aliphatic carbocycles. The van der Waals surface area contributed by atoms with Crippen LogP contribution in [-0.2, 0) is 0 Å². The largest absolute Gasteiger partial charge is 0.388 e. The van der Waals surface area contributed by atoms with Gasteiger partial charge in [-0.15, -0.1) is 0 Å². The van der Waals surface area contributed by atoms with E-state index in [0.717, 1.165) is 6.42 Å². The molecule has 1 rings (SSSR count). The second-order valence-corrected chi connectivity index (χ2v) is 4.95. The van der Waals surface area contributed by atoms with Crippen LogP contribution in [0.2, 0.25) is 0 Å². The van der Waals surface area contributed by atoms with E-state index in [4.69, 9.17) is 18.0 Å². The highest BCUT2D eigenvalue weighted by molar-refractivity contribution is 7.80. The molecule has 0 amide bonds. The van der Waals surface area contributed by atoms with Crippen molar-refractivity contribution in [2.45, 2.75) is 52.0 Å². The Morgan fingerprint density at radius 1 is 1.33 bits per heavy atom. The van der Waals surface area contributed by atoms with Crippen molar-refractivity contribution in [2.24, 2.45) is 5.73 Å². The van der Waals surface area contributed by atoms with E-state index in [1.807, 2.05) is 0 Å². The van der Waals surface area contributed by atoms with E-state index in [1.54, 1.807) is 12.4 Å². The average molecular weight is 266 g/mol. The van der Waals surface area contributed by atoms with Crippen LogP contribution in [0.3, 0.4) is 0 Å². The van der Waals surface area contributed by atoms with Gasteiger partial charge in [-0.1, -0.05) is 44.8 Å². The molecule has 1 atom stereocenters. The molecule has 1 heterocycles. The van der Waals surface area contributed by atoms with Crippen molar-refractivity contribution in [1.82, 2.24) is 9.97 Å². The lowest BCUT2D eigenvalue weighted by Gasteiger charge is -2.15. The standard InChI is InChI=1S/C13H22N4S/c1-3-4-5-6-7-10(2)17-13-11(12(14)18)15-8-9-16-13/h8-10H,3-7H2,1-2H3,(H2,14,18)(H,16,17). The topological polar surface area (TPSA) is 63.8 Å². The van der Waals surface area contributed by atoms with Gasteiger partial charge in [0.05, 0.1) is 0 Å². The number of rotatable bonds is 8. The maximum Gasteiger partial charge on any atom is 0.155 e. The number of hydrogen-bond acceptors (Lipinski definition) is 4. The number of nitrogens with one attached hydrogen (secondary N) is 1. The molecule has 0 radical (unpaired) electrons. The van der Waals surface area contributed by atoms with E-state index < -0.39 is 0 Å². The lowest BCUT2D eigenvalue weighted by Crippen LogP contribution is -2.21. The number of aromatic nitrogens is 2. The lowest BCUT2D eigenvalue weighted by molar-refractivity contribution is 0.592. The van der Waals surface area contributed by atoms with Crippen molar-refractivity contribution in [3.63, 3.8) is 0 Å². The first kappa shape index (κ1) is 14.8. The van der Waals surface area contributed by atoms with Crippen molar-refractivity contribution < 1.29 is 0 Å². The molecule has 0 aliphatic rings. The van der Waals surface area contributed by atoms with E-state index in [0.29, 0.717) is 17.6 Å². The van der Waals surface area contributed by atoms with Crippen molar-refractivity contribution in [3.8, 4) is 0 Å².